The fraction of sp³-hybridized carbons (Fsp3) is 0.333. The fourth-order valence-corrected chi connectivity index (χ4v) is 3.30. The van der Waals surface area contributed by atoms with Gasteiger partial charge in [0.05, 0.1) is 11.3 Å². The van der Waals surface area contributed by atoms with Gasteiger partial charge in [-0.1, -0.05) is 29.8 Å². The molecule has 3 rings (SSSR count). The molecule has 0 saturated carbocycles. The molecule has 27 heavy (non-hydrogen) atoms. The van der Waals surface area contributed by atoms with Crippen molar-refractivity contribution in [2.24, 2.45) is 0 Å². The highest BCUT2D eigenvalue weighted by Crippen LogP contribution is 2.21. The number of amides is 2. The lowest BCUT2D eigenvalue weighted by Gasteiger charge is -2.32. The van der Waals surface area contributed by atoms with Crippen LogP contribution in [0.25, 0.3) is 0 Å². The number of nitrogens with zero attached hydrogens (tertiary/aromatic N) is 1. The second-order valence-electron chi connectivity index (χ2n) is 6.72. The van der Waals surface area contributed by atoms with Gasteiger partial charge in [-0.3, -0.25) is 9.59 Å². The molecular formula is C21H26ClN3O2. The minimum Gasteiger partial charge on any atom is -0.338 e. The molecule has 0 radical (unpaired) electrons. The zero-order chi connectivity index (χ0) is 18.5. The molecule has 2 aromatic rings. The molecule has 1 aliphatic heterocycles. The summed E-state index contributed by atoms with van der Waals surface area (Å²) in [4.78, 5) is 27.4. The first-order valence-corrected chi connectivity index (χ1v) is 9.02. The number of carbonyl (C=O) groups excluding carboxylic acids is 2. The second kappa shape index (κ2) is 9.53. The smallest absolute Gasteiger partial charge is 0.255 e. The Labute approximate surface area is 166 Å². The Bertz CT molecular complexity index is 802. The molecule has 144 valence electrons. The number of carbonyl (C=O) groups is 2. The van der Waals surface area contributed by atoms with Crippen molar-refractivity contribution in [2.75, 3.05) is 25.5 Å². The average molecular weight is 388 g/mol. The van der Waals surface area contributed by atoms with Crippen LogP contribution < -0.4 is 10.6 Å². The molecule has 2 N–H and O–H groups in total. The molecule has 1 saturated heterocycles. The molecule has 0 bridgehead atoms. The first-order valence-electron chi connectivity index (χ1n) is 9.02. The third-order valence-electron chi connectivity index (χ3n) is 4.88. The maximum Gasteiger partial charge on any atom is 0.255 e. The zero-order valence-electron chi connectivity index (χ0n) is 15.7. The standard InChI is InChI=1S/C21H25N3O2.ClH/c1-15-6-5-7-16(14-15)20(25)23-19-9-4-3-8-18(19)21(26)24-12-10-17(22-2)11-13-24;/h3-9,14,17,22H,10-13H2,1-2H3,(H,23,25);1H. The Kier molecular flexibility index (Phi) is 7.39. The van der Waals surface area contributed by atoms with Crippen molar-refractivity contribution in [3.8, 4) is 0 Å². The number of hydrogen-bond donors (Lipinski definition) is 2. The van der Waals surface area contributed by atoms with E-state index in [4.69, 9.17) is 0 Å². The summed E-state index contributed by atoms with van der Waals surface area (Å²) in [7, 11) is 1.96. The summed E-state index contributed by atoms with van der Waals surface area (Å²) in [5.41, 5.74) is 2.70. The van der Waals surface area contributed by atoms with Crippen LogP contribution in [0.4, 0.5) is 5.69 Å². The summed E-state index contributed by atoms with van der Waals surface area (Å²) in [6, 6.07) is 15.1. The van der Waals surface area contributed by atoms with E-state index in [9.17, 15) is 9.59 Å². The summed E-state index contributed by atoms with van der Waals surface area (Å²) in [6.45, 7) is 3.40. The monoisotopic (exact) mass is 387 g/mol. The molecule has 6 heteroatoms. The largest absolute Gasteiger partial charge is 0.338 e. The van der Waals surface area contributed by atoms with E-state index < -0.39 is 0 Å². The number of rotatable bonds is 4. The third kappa shape index (κ3) is 5.08. The van der Waals surface area contributed by atoms with Gasteiger partial charge >= 0.3 is 0 Å². The highest BCUT2D eigenvalue weighted by Gasteiger charge is 2.24. The molecule has 0 spiro atoms. The van der Waals surface area contributed by atoms with Crippen molar-refractivity contribution in [1.82, 2.24) is 10.2 Å². The van der Waals surface area contributed by atoms with Gasteiger partial charge < -0.3 is 15.5 Å². The van der Waals surface area contributed by atoms with E-state index >= 15 is 0 Å². The lowest BCUT2D eigenvalue weighted by molar-refractivity contribution is 0.0708. The number of para-hydroxylation sites is 1. The first-order chi connectivity index (χ1) is 12.6. The molecule has 1 heterocycles. The fourth-order valence-electron chi connectivity index (χ4n) is 3.30. The molecule has 2 aromatic carbocycles. The highest BCUT2D eigenvalue weighted by molar-refractivity contribution is 6.09. The van der Waals surface area contributed by atoms with Gasteiger partial charge in [0, 0.05) is 24.7 Å². The lowest BCUT2D eigenvalue weighted by Crippen LogP contribution is -2.44. The van der Waals surface area contributed by atoms with Crippen LogP contribution in [-0.4, -0.2) is 42.9 Å². The Balaban J connectivity index is 0.00000261. The Morgan fingerprint density at radius 2 is 1.74 bits per heavy atom. The number of anilines is 1. The molecule has 0 aromatic heterocycles. The van der Waals surface area contributed by atoms with Crippen molar-refractivity contribution < 1.29 is 9.59 Å². The molecule has 0 aliphatic carbocycles. The van der Waals surface area contributed by atoms with E-state index in [2.05, 4.69) is 10.6 Å². The molecule has 1 aliphatic rings. The van der Waals surface area contributed by atoms with Crippen molar-refractivity contribution in [3.05, 3.63) is 65.2 Å². The van der Waals surface area contributed by atoms with E-state index in [-0.39, 0.29) is 24.2 Å². The van der Waals surface area contributed by atoms with Crippen LogP contribution >= 0.6 is 12.4 Å². The van der Waals surface area contributed by atoms with E-state index in [1.165, 1.54) is 0 Å². The van der Waals surface area contributed by atoms with Crippen LogP contribution in [0.5, 0.6) is 0 Å². The predicted molar refractivity (Wildman–Crippen MR) is 111 cm³/mol. The summed E-state index contributed by atoms with van der Waals surface area (Å²) in [5, 5.41) is 6.16. The molecule has 1 fully saturated rings. The summed E-state index contributed by atoms with van der Waals surface area (Å²) in [5.74, 6) is -0.234. The highest BCUT2D eigenvalue weighted by atomic mass is 35.5. The van der Waals surface area contributed by atoms with Gasteiger partial charge in [0.1, 0.15) is 0 Å². The summed E-state index contributed by atoms with van der Waals surface area (Å²) >= 11 is 0. The molecule has 5 nitrogen and oxygen atoms in total. The second-order valence-corrected chi connectivity index (χ2v) is 6.72. The Morgan fingerprint density at radius 1 is 1.04 bits per heavy atom. The number of hydrogen-bond acceptors (Lipinski definition) is 3. The molecular weight excluding hydrogens is 362 g/mol. The van der Waals surface area contributed by atoms with Gasteiger partial charge in [0.25, 0.3) is 11.8 Å². The maximum atomic E-state index is 12.9. The van der Waals surface area contributed by atoms with E-state index in [1.54, 1.807) is 18.2 Å². The normalized spacial score (nSPS) is 14.4. The zero-order valence-corrected chi connectivity index (χ0v) is 16.5. The number of likely N-dealkylation sites (tertiary alicyclic amines) is 1. The third-order valence-corrected chi connectivity index (χ3v) is 4.88. The van der Waals surface area contributed by atoms with Crippen LogP contribution in [0.2, 0.25) is 0 Å². The first kappa shape index (κ1) is 20.9. The van der Waals surface area contributed by atoms with Gasteiger partial charge in [-0.05, 0) is 51.1 Å². The van der Waals surface area contributed by atoms with Gasteiger partial charge in [-0.25, -0.2) is 0 Å². The van der Waals surface area contributed by atoms with E-state index in [0.717, 1.165) is 31.5 Å². The quantitative estimate of drug-likeness (QED) is 0.844. The van der Waals surface area contributed by atoms with Crippen LogP contribution in [0.3, 0.4) is 0 Å². The minimum atomic E-state index is -0.206. The van der Waals surface area contributed by atoms with E-state index in [1.807, 2.05) is 49.2 Å². The molecule has 2 amide bonds. The van der Waals surface area contributed by atoms with Crippen molar-refractivity contribution >= 4 is 29.9 Å². The van der Waals surface area contributed by atoms with Crippen molar-refractivity contribution in [3.63, 3.8) is 0 Å². The molecule has 0 unspecified atom stereocenters. The Hall–Kier alpha value is -2.37. The lowest BCUT2D eigenvalue weighted by atomic mass is 10.0. The maximum absolute atomic E-state index is 12.9. The number of benzene rings is 2. The topological polar surface area (TPSA) is 61.4 Å². The van der Waals surface area contributed by atoms with Crippen molar-refractivity contribution in [2.45, 2.75) is 25.8 Å². The van der Waals surface area contributed by atoms with E-state index in [0.29, 0.717) is 22.9 Å². The number of aryl methyl sites for hydroxylation is 1. The SMILES string of the molecule is CNC1CCN(C(=O)c2ccccc2NC(=O)c2cccc(C)c2)CC1.Cl. The van der Waals surface area contributed by atoms with Crippen molar-refractivity contribution in [1.29, 1.82) is 0 Å². The summed E-state index contributed by atoms with van der Waals surface area (Å²) in [6.07, 6.45) is 1.89. The van der Waals surface area contributed by atoms with Gasteiger partial charge in [0.15, 0.2) is 0 Å². The van der Waals surface area contributed by atoms with Gasteiger partial charge in [-0.2, -0.15) is 0 Å². The number of piperidine rings is 1. The molecule has 0 atom stereocenters. The van der Waals surface area contributed by atoms with Crippen LogP contribution in [-0.2, 0) is 0 Å². The van der Waals surface area contributed by atoms with Gasteiger partial charge in [-0.15, -0.1) is 12.4 Å². The number of halogens is 1. The predicted octanol–water partition coefficient (Wildman–Crippen LogP) is 3.49. The number of nitrogens with one attached hydrogen (secondary N) is 2. The van der Waals surface area contributed by atoms with Crippen LogP contribution in [0, 0.1) is 6.92 Å². The van der Waals surface area contributed by atoms with Gasteiger partial charge in [0.2, 0.25) is 0 Å². The average Bonchev–Trinajstić information content (AvgIpc) is 2.68. The Morgan fingerprint density at radius 3 is 2.41 bits per heavy atom. The minimum absolute atomic E-state index is 0. The van der Waals surface area contributed by atoms with Crippen LogP contribution in [0.1, 0.15) is 39.1 Å². The summed E-state index contributed by atoms with van der Waals surface area (Å²) < 4.78 is 0. The van der Waals surface area contributed by atoms with Crippen LogP contribution in [0.15, 0.2) is 48.5 Å².